The molecule has 1 aromatic heterocycles. The zero-order valence-corrected chi connectivity index (χ0v) is 10.1. The summed E-state index contributed by atoms with van der Waals surface area (Å²) in [5, 5.41) is 13.6. The number of halogens is 3. The van der Waals surface area contributed by atoms with Gasteiger partial charge in [-0.1, -0.05) is 23.3 Å². The number of alkyl halides is 3. The molecule has 1 N–H and O–H groups in total. The molecular weight excluding hydrogens is 259 g/mol. The molecule has 0 bridgehead atoms. The summed E-state index contributed by atoms with van der Waals surface area (Å²) in [5.41, 5.74) is 0.675. The highest BCUT2D eigenvalue weighted by Crippen LogP contribution is 2.23. The van der Waals surface area contributed by atoms with E-state index in [1.807, 2.05) is 6.07 Å². The molecule has 0 fully saturated rings. The second kappa shape index (κ2) is 5.25. The van der Waals surface area contributed by atoms with Crippen LogP contribution in [0.4, 0.5) is 19.1 Å². The molecule has 0 saturated carbocycles. The highest BCUT2D eigenvalue weighted by molar-refractivity contribution is 5.38. The normalized spacial score (nSPS) is 13.3. The van der Waals surface area contributed by atoms with Crippen molar-refractivity contribution in [3.05, 3.63) is 30.3 Å². The Balaban J connectivity index is 2.13. The molecule has 2 rings (SSSR count). The van der Waals surface area contributed by atoms with Crippen molar-refractivity contribution in [2.24, 2.45) is 0 Å². The Bertz CT molecular complexity index is 523. The lowest BCUT2D eigenvalue weighted by Gasteiger charge is -2.16. The number of hydrogen-bond donors (Lipinski definition) is 1. The number of nitrogens with one attached hydrogen (secondary N) is 1. The lowest BCUT2D eigenvalue weighted by Crippen LogP contribution is -2.25. The van der Waals surface area contributed by atoms with Crippen molar-refractivity contribution in [1.29, 1.82) is 0 Å². The predicted octanol–water partition coefficient (Wildman–Crippen LogP) is 2.42. The van der Waals surface area contributed by atoms with Gasteiger partial charge in [-0.15, -0.1) is 0 Å². The third-order valence-electron chi connectivity index (χ3n) is 2.38. The van der Waals surface area contributed by atoms with Crippen LogP contribution in [-0.2, 0) is 0 Å². The third-order valence-corrected chi connectivity index (χ3v) is 2.38. The lowest BCUT2D eigenvalue weighted by molar-refractivity contribution is -0.136. The summed E-state index contributed by atoms with van der Waals surface area (Å²) in [6.07, 6.45) is -5.17. The van der Waals surface area contributed by atoms with Gasteiger partial charge in [0.1, 0.15) is 0 Å². The topological polar surface area (TPSA) is 55.6 Å². The average molecular weight is 271 g/mol. The Kier molecular flexibility index (Phi) is 3.68. The molecule has 0 spiro atoms. The Morgan fingerprint density at radius 2 is 1.95 bits per heavy atom. The van der Waals surface area contributed by atoms with Crippen LogP contribution in [0.25, 0.3) is 5.69 Å². The second-order valence-electron chi connectivity index (χ2n) is 4.11. The maximum absolute atomic E-state index is 12.3. The summed E-state index contributed by atoms with van der Waals surface area (Å²) in [6.45, 7) is 1.43. The van der Waals surface area contributed by atoms with Crippen LogP contribution in [0, 0.1) is 0 Å². The maximum Gasteiger partial charge on any atom is 0.391 e. The van der Waals surface area contributed by atoms with Crippen LogP contribution in [0.3, 0.4) is 0 Å². The molecule has 5 nitrogen and oxygen atoms in total. The smallest absolute Gasteiger partial charge is 0.350 e. The summed E-state index contributed by atoms with van der Waals surface area (Å²) in [6, 6.07) is 8.12. The van der Waals surface area contributed by atoms with E-state index < -0.39 is 18.6 Å². The monoisotopic (exact) mass is 271 g/mol. The first kappa shape index (κ1) is 13.3. The number of para-hydroxylation sites is 1. The van der Waals surface area contributed by atoms with Crippen molar-refractivity contribution in [1.82, 2.24) is 20.2 Å². The SMILES string of the molecule is CC(CC(F)(F)F)Nc1nnnn1-c1ccccc1. The molecule has 0 aliphatic carbocycles. The molecule has 0 radical (unpaired) electrons. The van der Waals surface area contributed by atoms with Crippen molar-refractivity contribution >= 4 is 5.95 Å². The minimum absolute atomic E-state index is 0.183. The molecule has 0 saturated heterocycles. The van der Waals surface area contributed by atoms with Gasteiger partial charge in [-0.25, -0.2) is 0 Å². The summed E-state index contributed by atoms with van der Waals surface area (Å²) >= 11 is 0. The van der Waals surface area contributed by atoms with Gasteiger partial charge in [-0.05, 0) is 29.5 Å². The first-order valence-corrected chi connectivity index (χ1v) is 5.63. The van der Waals surface area contributed by atoms with Crippen molar-refractivity contribution in [3.63, 3.8) is 0 Å². The van der Waals surface area contributed by atoms with Crippen molar-refractivity contribution < 1.29 is 13.2 Å². The van der Waals surface area contributed by atoms with E-state index in [1.165, 1.54) is 11.6 Å². The molecule has 2 aromatic rings. The standard InChI is InChI=1S/C11H12F3N5/c1-8(7-11(12,13)14)15-10-16-17-18-19(10)9-5-3-2-4-6-9/h2-6,8H,7H2,1H3,(H,15,16,18). The zero-order valence-electron chi connectivity index (χ0n) is 10.1. The molecule has 0 aliphatic heterocycles. The molecule has 19 heavy (non-hydrogen) atoms. The fourth-order valence-electron chi connectivity index (χ4n) is 1.64. The quantitative estimate of drug-likeness (QED) is 0.927. The zero-order chi connectivity index (χ0) is 13.9. The van der Waals surface area contributed by atoms with Crippen LogP contribution in [0.15, 0.2) is 30.3 Å². The number of rotatable bonds is 4. The minimum Gasteiger partial charge on any atom is -0.350 e. The summed E-state index contributed by atoms with van der Waals surface area (Å²) in [4.78, 5) is 0. The van der Waals surface area contributed by atoms with E-state index >= 15 is 0 Å². The number of benzene rings is 1. The Hall–Kier alpha value is -2.12. The van der Waals surface area contributed by atoms with Gasteiger partial charge >= 0.3 is 6.18 Å². The van der Waals surface area contributed by atoms with Crippen molar-refractivity contribution in [3.8, 4) is 5.69 Å². The average Bonchev–Trinajstić information content (AvgIpc) is 2.75. The molecule has 1 unspecified atom stereocenters. The van der Waals surface area contributed by atoms with Crippen LogP contribution >= 0.6 is 0 Å². The number of aromatic nitrogens is 4. The fraction of sp³-hybridized carbons (Fsp3) is 0.364. The maximum atomic E-state index is 12.3. The summed E-state index contributed by atoms with van der Waals surface area (Å²) < 4.78 is 38.1. The lowest BCUT2D eigenvalue weighted by atomic mass is 10.2. The number of anilines is 1. The van der Waals surface area contributed by atoms with E-state index in [1.54, 1.807) is 24.3 Å². The van der Waals surface area contributed by atoms with Gasteiger partial charge in [-0.2, -0.15) is 17.9 Å². The van der Waals surface area contributed by atoms with E-state index in [-0.39, 0.29) is 5.95 Å². The Morgan fingerprint density at radius 1 is 1.26 bits per heavy atom. The molecule has 1 atom stereocenters. The molecule has 102 valence electrons. The Morgan fingerprint density at radius 3 is 2.58 bits per heavy atom. The van der Waals surface area contributed by atoms with E-state index in [0.717, 1.165) is 0 Å². The highest BCUT2D eigenvalue weighted by Gasteiger charge is 2.30. The second-order valence-corrected chi connectivity index (χ2v) is 4.11. The van der Waals surface area contributed by atoms with Gasteiger partial charge < -0.3 is 5.32 Å². The predicted molar refractivity (Wildman–Crippen MR) is 62.9 cm³/mol. The summed E-state index contributed by atoms with van der Waals surface area (Å²) in [7, 11) is 0. The van der Waals surface area contributed by atoms with Crippen LogP contribution in [-0.4, -0.2) is 32.4 Å². The number of hydrogen-bond acceptors (Lipinski definition) is 4. The molecule has 1 heterocycles. The molecule has 0 aliphatic rings. The fourth-order valence-corrected chi connectivity index (χ4v) is 1.64. The molecule has 8 heteroatoms. The van der Waals surface area contributed by atoms with Gasteiger partial charge in [0.05, 0.1) is 12.1 Å². The van der Waals surface area contributed by atoms with Gasteiger partial charge in [0, 0.05) is 6.04 Å². The minimum atomic E-state index is -4.22. The molecule has 1 aromatic carbocycles. The first-order chi connectivity index (χ1) is 8.96. The highest BCUT2D eigenvalue weighted by atomic mass is 19.4. The van der Waals surface area contributed by atoms with Crippen LogP contribution in [0.5, 0.6) is 0 Å². The first-order valence-electron chi connectivity index (χ1n) is 5.63. The van der Waals surface area contributed by atoms with Gasteiger partial charge in [0.15, 0.2) is 0 Å². The van der Waals surface area contributed by atoms with Crippen LogP contribution < -0.4 is 5.32 Å². The van der Waals surface area contributed by atoms with Gasteiger partial charge in [0.2, 0.25) is 5.95 Å². The van der Waals surface area contributed by atoms with Gasteiger partial charge in [-0.3, -0.25) is 0 Å². The van der Waals surface area contributed by atoms with E-state index in [4.69, 9.17) is 0 Å². The number of tetrazole rings is 1. The van der Waals surface area contributed by atoms with E-state index in [0.29, 0.717) is 5.69 Å². The van der Waals surface area contributed by atoms with Crippen molar-refractivity contribution in [2.45, 2.75) is 25.6 Å². The van der Waals surface area contributed by atoms with Crippen molar-refractivity contribution in [2.75, 3.05) is 5.32 Å². The number of nitrogens with zero attached hydrogens (tertiary/aromatic N) is 4. The summed E-state index contributed by atoms with van der Waals surface area (Å²) in [5.74, 6) is 0.183. The van der Waals surface area contributed by atoms with Crippen LogP contribution in [0.2, 0.25) is 0 Å². The molecular formula is C11H12F3N5. The third kappa shape index (κ3) is 3.67. The molecule has 0 amide bonds. The Labute approximate surface area is 107 Å². The van der Waals surface area contributed by atoms with Gasteiger partial charge in [0.25, 0.3) is 0 Å². The van der Waals surface area contributed by atoms with E-state index in [2.05, 4.69) is 20.8 Å². The van der Waals surface area contributed by atoms with Crippen LogP contribution in [0.1, 0.15) is 13.3 Å². The largest absolute Gasteiger partial charge is 0.391 e. The van der Waals surface area contributed by atoms with E-state index in [9.17, 15) is 13.2 Å².